The van der Waals surface area contributed by atoms with E-state index >= 15 is 0 Å². The predicted octanol–water partition coefficient (Wildman–Crippen LogP) is 3.24. The number of nitrogens with one attached hydrogen (secondary N) is 1. The van der Waals surface area contributed by atoms with Gasteiger partial charge in [0.2, 0.25) is 0 Å². The fraction of sp³-hybridized carbons (Fsp3) is 0.167. The third-order valence-corrected chi connectivity index (χ3v) is 4.08. The van der Waals surface area contributed by atoms with Crippen molar-refractivity contribution in [1.82, 2.24) is 10.1 Å². The molecule has 1 aromatic carbocycles. The molecule has 0 radical (unpaired) electrons. The summed E-state index contributed by atoms with van der Waals surface area (Å²) < 4.78 is 11.0. The third kappa shape index (κ3) is 2.52. The Labute approximate surface area is 138 Å². The van der Waals surface area contributed by atoms with Crippen LogP contribution in [0.25, 0.3) is 11.3 Å². The molecule has 0 saturated carbocycles. The molecule has 1 N–H and O–H groups in total. The Balaban J connectivity index is 1.49. The van der Waals surface area contributed by atoms with Gasteiger partial charge in [0.15, 0.2) is 17.7 Å². The summed E-state index contributed by atoms with van der Waals surface area (Å²) in [5, 5.41) is 6.64. The number of anilines is 1. The highest BCUT2D eigenvalue weighted by molar-refractivity contribution is 5.95. The number of para-hydroxylation sites is 1. The Bertz CT molecular complexity index is 876. The molecule has 120 valence electrons. The number of hydrogen-bond acceptors (Lipinski definition) is 5. The van der Waals surface area contributed by atoms with E-state index in [9.17, 15) is 4.79 Å². The number of rotatable bonds is 3. The van der Waals surface area contributed by atoms with Gasteiger partial charge in [-0.1, -0.05) is 30.3 Å². The number of hydrogen-bond donors (Lipinski definition) is 1. The molecular weight excluding hydrogens is 306 g/mol. The van der Waals surface area contributed by atoms with E-state index in [1.54, 1.807) is 24.5 Å². The average molecular weight is 321 g/mol. The van der Waals surface area contributed by atoms with Crippen molar-refractivity contribution in [3.63, 3.8) is 0 Å². The highest BCUT2D eigenvalue weighted by Crippen LogP contribution is 2.38. The molecule has 1 amide bonds. The van der Waals surface area contributed by atoms with Crippen molar-refractivity contribution in [2.75, 3.05) is 5.32 Å². The Kier molecular flexibility index (Phi) is 3.49. The number of aromatic nitrogens is 2. The minimum atomic E-state index is -0.582. The van der Waals surface area contributed by atoms with Gasteiger partial charge in [0.05, 0.1) is 0 Å². The van der Waals surface area contributed by atoms with Crippen LogP contribution < -0.4 is 10.1 Å². The van der Waals surface area contributed by atoms with Crippen LogP contribution in [-0.2, 0) is 4.79 Å². The summed E-state index contributed by atoms with van der Waals surface area (Å²) in [5.74, 6) is 1.38. The number of carbonyl (C=O) groups is 1. The second-order valence-corrected chi connectivity index (χ2v) is 5.67. The van der Waals surface area contributed by atoms with Gasteiger partial charge in [-0.15, -0.1) is 0 Å². The topological polar surface area (TPSA) is 77.2 Å². The predicted molar refractivity (Wildman–Crippen MR) is 87.6 cm³/mol. The highest BCUT2D eigenvalue weighted by atomic mass is 16.5. The van der Waals surface area contributed by atoms with E-state index in [2.05, 4.69) is 15.5 Å². The summed E-state index contributed by atoms with van der Waals surface area (Å²) in [6.07, 6.45) is 2.77. The maximum atomic E-state index is 12.5. The maximum Gasteiger partial charge on any atom is 0.267 e. The van der Waals surface area contributed by atoms with Gasteiger partial charge in [-0.2, -0.15) is 0 Å². The van der Waals surface area contributed by atoms with Crippen molar-refractivity contribution in [3.8, 4) is 17.1 Å². The zero-order chi connectivity index (χ0) is 16.5. The molecule has 0 unspecified atom stereocenters. The summed E-state index contributed by atoms with van der Waals surface area (Å²) in [4.78, 5) is 16.5. The molecule has 0 bridgehead atoms. The maximum absolute atomic E-state index is 12.5. The number of ether oxygens (including phenoxy) is 1. The summed E-state index contributed by atoms with van der Waals surface area (Å²) in [5.41, 5.74) is 1.83. The molecule has 0 spiro atoms. The lowest BCUT2D eigenvalue weighted by molar-refractivity contribution is -0.122. The van der Waals surface area contributed by atoms with Crippen LogP contribution in [0.5, 0.6) is 5.75 Å². The molecule has 2 aromatic heterocycles. The molecule has 0 aliphatic carbocycles. The molecule has 3 heterocycles. The van der Waals surface area contributed by atoms with Crippen molar-refractivity contribution in [3.05, 3.63) is 60.4 Å². The Morgan fingerprint density at radius 2 is 2.08 bits per heavy atom. The largest absolute Gasteiger partial charge is 0.480 e. The normalized spacial score (nSPS) is 18.7. The second kappa shape index (κ2) is 5.81. The first kappa shape index (κ1) is 14.4. The lowest BCUT2D eigenvalue weighted by atomic mass is 9.97. The lowest BCUT2D eigenvalue weighted by Crippen LogP contribution is -2.33. The first-order valence-corrected chi connectivity index (χ1v) is 7.66. The van der Waals surface area contributed by atoms with Crippen LogP contribution in [0.4, 0.5) is 5.82 Å². The number of benzene rings is 1. The quantitative estimate of drug-likeness (QED) is 0.801. The second-order valence-electron chi connectivity index (χ2n) is 5.67. The van der Waals surface area contributed by atoms with Crippen LogP contribution >= 0.6 is 0 Å². The molecule has 6 nitrogen and oxygen atoms in total. The smallest absolute Gasteiger partial charge is 0.267 e. The van der Waals surface area contributed by atoms with Crippen molar-refractivity contribution in [1.29, 1.82) is 0 Å². The molecule has 3 aromatic rings. The van der Waals surface area contributed by atoms with Crippen molar-refractivity contribution in [2.24, 2.45) is 0 Å². The molecule has 0 saturated heterocycles. The van der Waals surface area contributed by atoms with Gasteiger partial charge in [-0.3, -0.25) is 9.78 Å². The monoisotopic (exact) mass is 321 g/mol. The SMILES string of the molecule is C[C@H]1c2ccccc2O[C@@H]1C(=O)Nc1cc(-c2cccnc2)on1. The molecule has 4 rings (SSSR count). The van der Waals surface area contributed by atoms with E-state index in [0.717, 1.165) is 16.9 Å². The standard InChI is InChI=1S/C18H15N3O3/c1-11-13-6-2-3-7-14(13)23-17(11)18(22)20-16-9-15(24-21-16)12-5-4-8-19-10-12/h2-11,17H,1H3,(H,20,21,22)/t11-,17-/m0/s1. The summed E-state index contributed by atoms with van der Waals surface area (Å²) in [6, 6.07) is 13.0. The minimum Gasteiger partial charge on any atom is -0.480 e. The van der Waals surface area contributed by atoms with Crippen LogP contribution in [0, 0.1) is 0 Å². The molecule has 1 aliphatic rings. The van der Waals surface area contributed by atoms with Crippen molar-refractivity contribution < 1.29 is 14.1 Å². The Morgan fingerprint density at radius 1 is 1.21 bits per heavy atom. The zero-order valence-electron chi connectivity index (χ0n) is 13.0. The van der Waals surface area contributed by atoms with Gasteiger partial charge in [0.1, 0.15) is 5.75 Å². The van der Waals surface area contributed by atoms with Crippen LogP contribution in [0.3, 0.4) is 0 Å². The number of nitrogens with zero attached hydrogens (tertiary/aromatic N) is 2. The van der Waals surface area contributed by atoms with Crippen LogP contribution in [0.2, 0.25) is 0 Å². The highest BCUT2D eigenvalue weighted by Gasteiger charge is 2.36. The average Bonchev–Trinajstić information content (AvgIpc) is 3.21. The number of carbonyl (C=O) groups excluding carboxylic acids is 1. The van der Waals surface area contributed by atoms with Gasteiger partial charge in [-0.05, 0) is 18.2 Å². The summed E-state index contributed by atoms with van der Waals surface area (Å²) in [7, 11) is 0. The van der Waals surface area contributed by atoms with Gasteiger partial charge >= 0.3 is 0 Å². The summed E-state index contributed by atoms with van der Waals surface area (Å²) in [6.45, 7) is 1.97. The molecular formula is C18H15N3O3. The molecule has 6 heteroatoms. The van der Waals surface area contributed by atoms with Crippen molar-refractivity contribution in [2.45, 2.75) is 18.9 Å². The first-order chi connectivity index (χ1) is 11.7. The van der Waals surface area contributed by atoms with E-state index in [0.29, 0.717) is 11.6 Å². The first-order valence-electron chi connectivity index (χ1n) is 7.66. The van der Waals surface area contributed by atoms with Gasteiger partial charge < -0.3 is 14.6 Å². The van der Waals surface area contributed by atoms with Gasteiger partial charge in [0, 0.05) is 35.5 Å². The Morgan fingerprint density at radius 3 is 2.88 bits per heavy atom. The molecule has 24 heavy (non-hydrogen) atoms. The van der Waals surface area contributed by atoms with Gasteiger partial charge in [-0.25, -0.2) is 0 Å². The Hall–Kier alpha value is -3.15. The van der Waals surface area contributed by atoms with E-state index in [1.165, 1.54) is 0 Å². The van der Waals surface area contributed by atoms with E-state index in [1.807, 2.05) is 37.3 Å². The fourth-order valence-electron chi connectivity index (χ4n) is 2.82. The summed E-state index contributed by atoms with van der Waals surface area (Å²) >= 11 is 0. The molecule has 0 fully saturated rings. The lowest BCUT2D eigenvalue weighted by Gasteiger charge is -2.13. The fourth-order valence-corrected chi connectivity index (χ4v) is 2.82. The van der Waals surface area contributed by atoms with E-state index in [4.69, 9.17) is 9.26 Å². The molecule has 1 aliphatic heterocycles. The van der Waals surface area contributed by atoms with Crippen LogP contribution in [-0.4, -0.2) is 22.2 Å². The van der Waals surface area contributed by atoms with E-state index < -0.39 is 6.10 Å². The third-order valence-electron chi connectivity index (χ3n) is 4.08. The number of fused-ring (bicyclic) bond motifs is 1. The van der Waals surface area contributed by atoms with Crippen molar-refractivity contribution >= 4 is 11.7 Å². The van der Waals surface area contributed by atoms with Gasteiger partial charge in [0.25, 0.3) is 5.91 Å². The molecule has 2 atom stereocenters. The zero-order valence-corrected chi connectivity index (χ0v) is 13.0. The van der Waals surface area contributed by atoms with Crippen LogP contribution in [0.1, 0.15) is 18.4 Å². The van der Waals surface area contributed by atoms with Crippen LogP contribution in [0.15, 0.2) is 59.4 Å². The number of pyridine rings is 1. The van der Waals surface area contributed by atoms with E-state index in [-0.39, 0.29) is 11.8 Å². The minimum absolute atomic E-state index is 0.0223. The number of amides is 1.